The van der Waals surface area contributed by atoms with Gasteiger partial charge < -0.3 is 29.8 Å². The number of nitrogens with two attached hydrogens (primary N) is 1. The Labute approximate surface area is 187 Å². The molecule has 1 unspecified atom stereocenters. The number of rotatable bonds is 13. The molecule has 3 N–H and O–H groups in total. The van der Waals surface area contributed by atoms with E-state index < -0.39 is 23.7 Å². The molecule has 0 aliphatic heterocycles. The number of hydrogen-bond donors (Lipinski definition) is 2. The van der Waals surface area contributed by atoms with E-state index in [2.05, 4.69) is 13.8 Å². The van der Waals surface area contributed by atoms with Gasteiger partial charge in [-0.25, -0.2) is 0 Å². The van der Waals surface area contributed by atoms with Crippen molar-refractivity contribution in [2.24, 2.45) is 23.5 Å². The number of benzene rings is 1. The first-order valence-electron chi connectivity index (χ1n) is 10.9. The lowest BCUT2D eigenvalue weighted by atomic mass is 9.81. The third-order valence-electron chi connectivity index (χ3n) is 5.10. The highest BCUT2D eigenvalue weighted by atomic mass is 16.6. The Morgan fingerprint density at radius 1 is 1.13 bits per heavy atom. The fourth-order valence-corrected chi connectivity index (χ4v) is 3.32. The number of ether oxygens (including phenoxy) is 4. The van der Waals surface area contributed by atoms with Crippen LogP contribution in [0.2, 0.25) is 0 Å². The SMILES string of the molecule is COCCCOc1cc(C[C@H](C[C@H](C(=O)OC(C)(C)C)C(N)O)C(C)C)ccc1OC. The molecule has 0 aliphatic carbocycles. The third kappa shape index (κ3) is 9.89. The summed E-state index contributed by atoms with van der Waals surface area (Å²) in [6.07, 6.45) is 0.652. The highest BCUT2D eigenvalue weighted by Gasteiger charge is 2.32. The van der Waals surface area contributed by atoms with Gasteiger partial charge in [0.25, 0.3) is 0 Å². The summed E-state index contributed by atoms with van der Waals surface area (Å²) >= 11 is 0. The Hall–Kier alpha value is -1.83. The van der Waals surface area contributed by atoms with E-state index in [-0.39, 0.29) is 11.8 Å². The van der Waals surface area contributed by atoms with Crippen molar-refractivity contribution in [3.05, 3.63) is 23.8 Å². The maximum absolute atomic E-state index is 12.6. The number of methoxy groups -OCH3 is 2. The van der Waals surface area contributed by atoms with E-state index in [0.29, 0.717) is 37.6 Å². The van der Waals surface area contributed by atoms with Crippen LogP contribution in [0.5, 0.6) is 11.5 Å². The van der Waals surface area contributed by atoms with Gasteiger partial charge in [-0.15, -0.1) is 0 Å². The van der Waals surface area contributed by atoms with Crippen molar-refractivity contribution < 1.29 is 28.8 Å². The van der Waals surface area contributed by atoms with Crippen molar-refractivity contribution in [2.45, 2.75) is 65.7 Å². The largest absolute Gasteiger partial charge is 0.493 e. The molecule has 0 amide bonds. The first-order valence-corrected chi connectivity index (χ1v) is 10.9. The number of aliphatic hydroxyl groups is 1. The molecule has 1 rings (SSSR count). The Morgan fingerprint density at radius 3 is 2.32 bits per heavy atom. The van der Waals surface area contributed by atoms with Gasteiger partial charge in [0.15, 0.2) is 11.5 Å². The summed E-state index contributed by atoms with van der Waals surface area (Å²) in [6.45, 7) is 10.8. The molecule has 0 bridgehead atoms. The second-order valence-electron chi connectivity index (χ2n) is 9.25. The molecule has 31 heavy (non-hydrogen) atoms. The minimum Gasteiger partial charge on any atom is -0.493 e. The van der Waals surface area contributed by atoms with E-state index in [1.807, 2.05) is 18.2 Å². The molecule has 1 aromatic rings. The molecule has 0 saturated carbocycles. The summed E-state index contributed by atoms with van der Waals surface area (Å²) < 4.78 is 21.8. The Bertz CT molecular complexity index is 669. The van der Waals surface area contributed by atoms with Crippen LogP contribution in [0.1, 0.15) is 53.0 Å². The van der Waals surface area contributed by atoms with E-state index in [1.165, 1.54) is 0 Å². The Balaban J connectivity index is 2.97. The molecular weight excluding hydrogens is 398 g/mol. The smallest absolute Gasteiger partial charge is 0.313 e. The average molecular weight is 440 g/mol. The van der Waals surface area contributed by atoms with Crippen LogP contribution in [0.3, 0.4) is 0 Å². The molecule has 0 heterocycles. The molecule has 0 aliphatic rings. The first-order chi connectivity index (χ1) is 14.5. The van der Waals surface area contributed by atoms with Crippen molar-refractivity contribution in [3.8, 4) is 11.5 Å². The van der Waals surface area contributed by atoms with Gasteiger partial charge in [0, 0.05) is 20.1 Å². The van der Waals surface area contributed by atoms with Crippen molar-refractivity contribution in [2.75, 3.05) is 27.4 Å². The zero-order valence-corrected chi connectivity index (χ0v) is 20.1. The van der Waals surface area contributed by atoms with Gasteiger partial charge in [-0.1, -0.05) is 19.9 Å². The minimum absolute atomic E-state index is 0.116. The van der Waals surface area contributed by atoms with Gasteiger partial charge in [0.05, 0.1) is 19.6 Å². The lowest BCUT2D eigenvalue weighted by Gasteiger charge is -2.29. The molecule has 0 saturated heterocycles. The number of carbonyl (C=O) groups is 1. The molecule has 1 aromatic carbocycles. The van der Waals surface area contributed by atoms with Crippen molar-refractivity contribution in [1.29, 1.82) is 0 Å². The topological polar surface area (TPSA) is 100 Å². The maximum Gasteiger partial charge on any atom is 0.313 e. The maximum atomic E-state index is 12.6. The van der Waals surface area contributed by atoms with E-state index in [1.54, 1.807) is 35.0 Å². The van der Waals surface area contributed by atoms with Crippen LogP contribution < -0.4 is 15.2 Å². The highest BCUT2D eigenvalue weighted by Crippen LogP contribution is 2.32. The second kappa shape index (κ2) is 12.9. The summed E-state index contributed by atoms with van der Waals surface area (Å²) in [5.74, 6) is 0.495. The molecule has 0 fully saturated rings. The lowest BCUT2D eigenvalue weighted by Crippen LogP contribution is -2.41. The van der Waals surface area contributed by atoms with E-state index in [9.17, 15) is 9.90 Å². The van der Waals surface area contributed by atoms with Crippen LogP contribution in [0, 0.1) is 17.8 Å². The molecule has 0 aromatic heterocycles. The van der Waals surface area contributed by atoms with Crippen molar-refractivity contribution in [1.82, 2.24) is 0 Å². The quantitative estimate of drug-likeness (QED) is 0.275. The summed E-state index contributed by atoms with van der Waals surface area (Å²) in [5.41, 5.74) is 6.18. The summed E-state index contributed by atoms with van der Waals surface area (Å²) in [4.78, 5) is 12.6. The summed E-state index contributed by atoms with van der Waals surface area (Å²) in [7, 11) is 3.28. The second-order valence-corrected chi connectivity index (χ2v) is 9.25. The van der Waals surface area contributed by atoms with Crippen molar-refractivity contribution in [3.63, 3.8) is 0 Å². The van der Waals surface area contributed by atoms with E-state index in [4.69, 9.17) is 24.7 Å². The molecule has 178 valence electrons. The van der Waals surface area contributed by atoms with Gasteiger partial charge in [-0.3, -0.25) is 4.79 Å². The molecular formula is C24H41NO6. The molecule has 7 heteroatoms. The fraction of sp³-hybridized carbons (Fsp3) is 0.708. The van der Waals surface area contributed by atoms with Crippen LogP contribution in [-0.4, -0.2) is 50.3 Å². The molecule has 0 spiro atoms. The lowest BCUT2D eigenvalue weighted by molar-refractivity contribution is -0.165. The zero-order chi connectivity index (χ0) is 23.6. The zero-order valence-electron chi connectivity index (χ0n) is 20.1. The monoisotopic (exact) mass is 439 g/mol. The van der Waals surface area contributed by atoms with Crippen molar-refractivity contribution >= 4 is 5.97 Å². The Morgan fingerprint density at radius 2 is 1.81 bits per heavy atom. The van der Waals surface area contributed by atoms with Gasteiger partial charge in [0.1, 0.15) is 11.8 Å². The van der Waals surface area contributed by atoms with E-state index in [0.717, 1.165) is 12.0 Å². The predicted octanol–water partition coefficient (Wildman–Crippen LogP) is 3.55. The Kier molecular flexibility index (Phi) is 11.3. The number of aliphatic hydroxyl groups excluding tert-OH is 1. The standard InChI is InChI=1S/C24H41NO6/c1-16(2)18(15-19(22(25)26)23(27)31-24(3,4)5)13-17-9-10-20(29-7)21(14-17)30-12-8-11-28-6/h9-10,14,16,18-19,22,26H,8,11-13,15,25H2,1-7H3/t18-,19+,22?/m1/s1. The van der Waals surface area contributed by atoms with Crippen LogP contribution in [0.25, 0.3) is 0 Å². The predicted molar refractivity (Wildman–Crippen MR) is 121 cm³/mol. The average Bonchev–Trinajstić information content (AvgIpc) is 2.66. The number of carbonyl (C=O) groups excluding carboxylic acids is 1. The summed E-state index contributed by atoms with van der Waals surface area (Å²) in [5, 5.41) is 10.1. The summed E-state index contributed by atoms with van der Waals surface area (Å²) in [6, 6.07) is 5.86. The van der Waals surface area contributed by atoms with Gasteiger partial charge in [-0.05, 0) is 63.1 Å². The van der Waals surface area contributed by atoms with Crippen LogP contribution in [-0.2, 0) is 20.7 Å². The number of hydrogen-bond acceptors (Lipinski definition) is 7. The van der Waals surface area contributed by atoms with Crippen LogP contribution in [0.15, 0.2) is 18.2 Å². The van der Waals surface area contributed by atoms with Gasteiger partial charge >= 0.3 is 5.97 Å². The van der Waals surface area contributed by atoms with Crippen LogP contribution >= 0.6 is 0 Å². The van der Waals surface area contributed by atoms with Gasteiger partial charge in [0.2, 0.25) is 0 Å². The molecule has 0 radical (unpaired) electrons. The van der Waals surface area contributed by atoms with E-state index >= 15 is 0 Å². The highest BCUT2D eigenvalue weighted by molar-refractivity contribution is 5.73. The minimum atomic E-state index is -1.27. The fourth-order valence-electron chi connectivity index (χ4n) is 3.32. The normalized spacial score (nSPS) is 14.8. The molecule has 7 nitrogen and oxygen atoms in total. The van der Waals surface area contributed by atoms with Gasteiger partial charge in [-0.2, -0.15) is 0 Å². The first kappa shape index (κ1) is 27.2. The third-order valence-corrected chi connectivity index (χ3v) is 5.10. The number of esters is 1. The molecule has 3 atom stereocenters. The van der Waals surface area contributed by atoms with Crippen LogP contribution in [0.4, 0.5) is 0 Å².